The van der Waals surface area contributed by atoms with Gasteiger partial charge in [-0.25, -0.2) is 0 Å². The van der Waals surface area contributed by atoms with E-state index in [0.717, 1.165) is 38.0 Å². The highest BCUT2D eigenvalue weighted by molar-refractivity contribution is 5.82. The van der Waals surface area contributed by atoms with Crippen molar-refractivity contribution in [3.63, 3.8) is 0 Å². The molecule has 4 nitrogen and oxygen atoms in total. The van der Waals surface area contributed by atoms with Crippen molar-refractivity contribution in [1.29, 1.82) is 0 Å². The predicted molar refractivity (Wildman–Crippen MR) is 111 cm³/mol. The summed E-state index contributed by atoms with van der Waals surface area (Å²) in [4.78, 5) is 3.27. The van der Waals surface area contributed by atoms with Crippen LogP contribution in [0.1, 0.15) is 31.7 Å². The molecule has 0 amide bonds. The number of aryl methyl sites for hydroxylation is 1. The van der Waals surface area contributed by atoms with E-state index in [1.165, 1.54) is 16.5 Å². The Labute approximate surface area is 161 Å². The number of ether oxygens (including phenoxy) is 1. The van der Waals surface area contributed by atoms with Crippen LogP contribution in [0.2, 0.25) is 0 Å². The van der Waals surface area contributed by atoms with Gasteiger partial charge in [-0.1, -0.05) is 37.3 Å². The third-order valence-corrected chi connectivity index (χ3v) is 4.86. The summed E-state index contributed by atoms with van der Waals surface area (Å²) >= 11 is 0. The van der Waals surface area contributed by atoms with Gasteiger partial charge < -0.3 is 20.1 Å². The fourth-order valence-electron chi connectivity index (χ4n) is 3.42. The molecule has 27 heavy (non-hydrogen) atoms. The maximum atomic E-state index is 10.6. The molecule has 2 atom stereocenters. The van der Waals surface area contributed by atoms with Crippen molar-refractivity contribution in [2.45, 2.75) is 44.8 Å². The average Bonchev–Trinajstić information content (AvgIpc) is 3.18. The molecule has 0 saturated heterocycles. The van der Waals surface area contributed by atoms with Crippen molar-refractivity contribution in [2.24, 2.45) is 0 Å². The van der Waals surface area contributed by atoms with Crippen molar-refractivity contribution in [3.8, 4) is 5.75 Å². The molecule has 2 unspecified atom stereocenters. The van der Waals surface area contributed by atoms with Gasteiger partial charge in [0.05, 0.1) is 0 Å². The van der Waals surface area contributed by atoms with Crippen LogP contribution in [0.5, 0.6) is 5.75 Å². The second-order valence-corrected chi connectivity index (χ2v) is 6.99. The molecule has 0 saturated carbocycles. The van der Waals surface area contributed by atoms with E-state index in [9.17, 15) is 5.11 Å². The molecule has 3 aromatic rings. The van der Waals surface area contributed by atoms with E-state index in [4.69, 9.17) is 4.74 Å². The molecule has 0 aliphatic carbocycles. The molecular formula is C23H30N2O2. The molecule has 0 spiro atoms. The summed E-state index contributed by atoms with van der Waals surface area (Å²) < 4.78 is 6.12. The van der Waals surface area contributed by atoms with Crippen molar-refractivity contribution in [2.75, 3.05) is 13.1 Å². The van der Waals surface area contributed by atoms with Crippen LogP contribution in [-0.2, 0) is 6.42 Å². The first kappa shape index (κ1) is 19.5. The van der Waals surface area contributed by atoms with Crippen molar-refractivity contribution < 1.29 is 9.84 Å². The highest BCUT2D eigenvalue weighted by Crippen LogP contribution is 2.21. The topological polar surface area (TPSA) is 57.3 Å². The van der Waals surface area contributed by atoms with Crippen molar-refractivity contribution >= 4 is 10.9 Å². The zero-order valence-electron chi connectivity index (χ0n) is 16.0. The lowest BCUT2D eigenvalue weighted by molar-refractivity contribution is 0.0307. The maximum absolute atomic E-state index is 10.6. The highest BCUT2D eigenvalue weighted by atomic mass is 16.5. The molecule has 0 fully saturated rings. The largest absolute Gasteiger partial charge is 0.488 e. The predicted octanol–water partition coefficient (Wildman–Crippen LogP) is 4.30. The Morgan fingerprint density at radius 3 is 2.74 bits per heavy atom. The molecule has 3 rings (SSSR count). The fourth-order valence-corrected chi connectivity index (χ4v) is 3.42. The van der Waals surface area contributed by atoms with Gasteiger partial charge in [0.25, 0.3) is 0 Å². The minimum Gasteiger partial charge on any atom is -0.488 e. The molecule has 0 radical (unpaired) electrons. The zero-order chi connectivity index (χ0) is 18.9. The third-order valence-electron chi connectivity index (χ3n) is 4.86. The summed E-state index contributed by atoms with van der Waals surface area (Å²) in [5.41, 5.74) is 2.51. The van der Waals surface area contributed by atoms with Crippen molar-refractivity contribution in [1.82, 2.24) is 10.3 Å². The van der Waals surface area contributed by atoms with Gasteiger partial charge in [-0.15, -0.1) is 0 Å². The number of aliphatic hydroxyl groups is 1. The SMILES string of the molecule is CCCNCC(O)C(CCCc1cccc2[nH]ccc12)Oc1ccccc1. The van der Waals surface area contributed by atoms with Gasteiger partial charge in [0.15, 0.2) is 0 Å². The summed E-state index contributed by atoms with van der Waals surface area (Å²) in [7, 11) is 0. The van der Waals surface area contributed by atoms with Gasteiger partial charge in [-0.05, 0) is 62.1 Å². The monoisotopic (exact) mass is 366 g/mol. The lowest BCUT2D eigenvalue weighted by Crippen LogP contribution is -2.40. The Morgan fingerprint density at radius 2 is 1.93 bits per heavy atom. The number of aromatic nitrogens is 1. The number of hydrogen-bond acceptors (Lipinski definition) is 3. The van der Waals surface area contributed by atoms with Crippen molar-refractivity contribution in [3.05, 3.63) is 66.4 Å². The number of para-hydroxylation sites is 1. The smallest absolute Gasteiger partial charge is 0.126 e. The Kier molecular flexibility index (Phi) is 7.31. The fraction of sp³-hybridized carbons (Fsp3) is 0.391. The maximum Gasteiger partial charge on any atom is 0.126 e. The average molecular weight is 367 g/mol. The molecule has 4 heteroatoms. The molecule has 2 aromatic carbocycles. The first-order valence-electron chi connectivity index (χ1n) is 9.93. The highest BCUT2D eigenvalue weighted by Gasteiger charge is 2.20. The van der Waals surface area contributed by atoms with Crippen LogP contribution < -0.4 is 10.1 Å². The Bertz CT molecular complexity index is 800. The quantitative estimate of drug-likeness (QED) is 0.444. The van der Waals surface area contributed by atoms with Crippen LogP contribution in [0.25, 0.3) is 10.9 Å². The molecule has 1 aromatic heterocycles. The van der Waals surface area contributed by atoms with Gasteiger partial charge in [0.2, 0.25) is 0 Å². The number of hydrogen-bond donors (Lipinski definition) is 3. The Morgan fingerprint density at radius 1 is 1.07 bits per heavy atom. The lowest BCUT2D eigenvalue weighted by atomic mass is 10.0. The number of H-pyrrole nitrogens is 1. The zero-order valence-corrected chi connectivity index (χ0v) is 16.0. The number of aliphatic hydroxyl groups excluding tert-OH is 1. The number of fused-ring (bicyclic) bond motifs is 1. The van der Waals surface area contributed by atoms with Crippen LogP contribution in [0.3, 0.4) is 0 Å². The molecule has 0 aliphatic rings. The summed E-state index contributed by atoms with van der Waals surface area (Å²) in [5.74, 6) is 0.810. The van der Waals surface area contributed by atoms with Gasteiger partial charge in [-0.3, -0.25) is 0 Å². The first-order valence-corrected chi connectivity index (χ1v) is 9.93. The van der Waals surface area contributed by atoms with Gasteiger partial charge in [0, 0.05) is 23.6 Å². The van der Waals surface area contributed by atoms with Crippen LogP contribution in [0, 0.1) is 0 Å². The number of rotatable bonds is 11. The van der Waals surface area contributed by atoms with E-state index in [-0.39, 0.29) is 6.10 Å². The first-order chi connectivity index (χ1) is 13.3. The standard InChI is InChI=1S/C23H30N2O2/c1-2-15-24-17-22(26)23(27-19-10-4-3-5-11-19)13-7-9-18-8-6-12-21-20(18)14-16-25-21/h3-6,8,10-12,14,16,22-26H,2,7,9,13,15,17H2,1H3. The van der Waals surface area contributed by atoms with Crippen LogP contribution in [0.4, 0.5) is 0 Å². The third kappa shape index (κ3) is 5.59. The van der Waals surface area contributed by atoms with E-state index in [0.29, 0.717) is 6.54 Å². The molecule has 0 aliphatic heterocycles. The van der Waals surface area contributed by atoms with Gasteiger partial charge >= 0.3 is 0 Å². The van der Waals surface area contributed by atoms with Crippen LogP contribution in [0.15, 0.2) is 60.8 Å². The summed E-state index contributed by atoms with van der Waals surface area (Å²) in [6, 6.07) is 18.3. The van der Waals surface area contributed by atoms with E-state index in [1.807, 2.05) is 36.5 Å². The summed E-state index contributed by atoms with van der Waals surface area (Å²) in [5, 5.41) is 15.2. The van der Waals surface area contributed by atoms with Gasteiger partial charge in [-0.2, -0.15) is 0 Å². The number of benzene rings is 2. The minimum atomic E-state index is -0.528. The number of aromatic amines is 1. The van der Waals surface area contributed by atoms with E-state index < -0.39 is 6.10 Å². The van der Waals surface area contributed by atoms with Crippen LogP contribution >= 0.6 is 0 Å². The van der Waals surface area contributed by atoms with Gasteiger partial charge in [0.1, 0.15) is 18.0 Å². The van der Waals surface area contributed by atoms with E-state index in [2.05, 4.69) is 41.5 Å². The van der Waals surface area contributed by atoms with E-state index >= 15 is 0 Å². The normalized spacial score (nSPS) is 13.6. The molecule has 1 heterocycles. The lowest BCUT2D eigenvalue weighted by Gasteiger charge is -2.25. The Hall–Kier alpha value is -2.30. The Balaban J connectivity index is 1.60. The number of nitrogens with one attached hydrogen (secondary N) is 2. The van der Waals surface area contributed by atoms with E-state index in [1.54, 1.807) is 0 Å². The molecule has 0 bridgehead atoms. The molecule has 144 valence electrons. The summed E-state index contributed by atoms with van der Waals surface area (Å²) in [6.45, 7) is 3.59. The molecule has 3 N–H and O–H groups in total. The second-order valence-electron chi connectivity index (χ2n) is 6.99. The minimum absolute atomic E-state index is 0.220. The summed E-state index contributed by atoms with van der Waals surface area (Å²) in [6.07, 6.45) is 5.04. The second kappa shape index (κ2) is 10.1. The molecular weight excluding hydrogens is 336 g/mol. The van der Waals surface area contributed by atoms with Crippen LogP contribution in [-0.4, -0.2) is 35.4 Å².